The molecular formula is C20H20N4O5S. The number of aromatic nitrogens is 2. The lowest BCUT2D eigenvalue weighted by atomic mass is 10.1. The van der Waals surface area contributed by atoms with E-state index in [1.54, 1.807) is 47.1 Å². The molecule has 1 saturated heterocycles. The van der Waals surface area contributed by atoms with Crippen molar-refractivity contribution in [3.05, 3.63) is 59.3 Å². The maximum atomic E-state index is 13.3. The minimum atomic E-state index is -3.77. The lowest BCUT2D eigenvalue weighted by Crippen LogP contribution is -2.39. The summed E-state index contributed by atoms with van der Waals surface area (Å²) in [6, 6.07) is 9.88. The third-order valence-electron chi connectivity index (χ3n) is 5.33. The van der Waals surface area contributed by atoms with Crippen molar-refractivity contribution in [2.24, 2.45) is 5.18 Å². The van der Waals surface area contributed by atoms with Gasteiger partial charge in [-0.25, -0.2) is 12.9 Å². The van der Waals surface area contributed by atoms with Crippen LogP contribution in [-0.4, -0.2) is 52.5 Å². The van der Waals surface area contributed by atoms with Crippen molar-refractivity contribution in [3.63, 3.8) is 0 Å². The van der Waals surface area contributed by atoms with E-state index in [1.807, 2.05) is 0 Å². The van der Waals surface area contributed by atoms with Gasteiger partial charge in [0.2, 0.25) is 10.0 Å². The van der Waals surface area contributed by atoms with Gasteiger partial charge in [0.1, 0.15) is 0 Å². The predicted molar refractivity (Wildman–Crippen MR) is 110 cm³/mol. The number of rotatable bonds is 6. The number of pyridine rings is 1. The van der Waals surface area contributed by atoms with Crippen LogP contribution in [0.15, 0.2) is 58.9 Å². The van der Waals surface area contributed by atoms with Gasteiger partial charge >= 0.3 is 5.97 Å². The molecule has 0 radical (unpaired) electrons. The highest BCUT2D eigenvalue weighted by molar-refractivity contribution is 7.89. The van der Waals surface area contributed by atoms with Crippen LogP contribution in [0.5, 0.6) is 0 Å². The van der Waals surface area contributed by atoms with Crippen LogP contribution in [0.2, 0.25) is 0 Å². The molecule has 1 N–H and O–H groups in total. The van der Waals surface area contributed by atoms with E-state index in [2.05, 4.69) is 10.3 Å². The Morgan fingerprint density at radius 2 is 1.93 bits per heavy atom. The summed E-state index contributed by atoms with van der Waals surface area (Å²) in [7, 11) is -3.77. The van der Waals surface area contributed by atoms with Crippen molar-refractivity contribution < 1.29 is 18.3 Å². The Labute approximate surface area is 173 Å². The first-order valence-corrected chi connectivity index (χ1v) is 10.9. The molecule has 0 unspecified atom stereocenters. The number of carboxylic acid groups (broad SMARTS) is 1. The van der Waals surface area contributed by atoms with Crippen molar-refractivity contribution in [3.8, 4) is 11.1 Å². The summed E-state index contributed by atoms with van der Waals surface area (Å²) in [6.45, 7) is 0.495. The summed E-state index contributed by atoms with van der Waals surface area (Å²) in [5.74, 6) is -0.966. The molecule has 9 nitrogen and oxygen atoms in total. The number of aliphatic carboxylic acids is 1. The first kappa shape index (κ1) is 20.2. The number of nitroso groups, excluding NO2 is 1. The number of piperidine rings is 1. The molecular weight excluding hydrogens is 408 g/mol. The number of sulfonamides is 1. The van der Waals surface area contributed by atoms with Gasteiger partial charge in [-0.3, -0.25) is 4.79 Å². The van der Waals surface area contributed by atoms with Crippen molar-refractivity contribution in [1.29, 1.82) is 0 Å². The van der Waals surface area contributed by atoms with E-state index < -0.39 is 16.0 Å². The Balaban J connectivity index is 1.75. The topological polar surface area (TPSA) is 121 Å². The lowest BCUT2D eigenvalue weighted by Gasteiger charge is -2.28. The van der Waals surface area contributed by atoms with E-state index in [0.717, 1.165) is 0 Å². The molecule has 0 bridgehead atoms. The molecule has 1 aliphatic heterocycles. The van der Waals surface area contributed by atoms with Crippen molar-refractivity contribution in [1.82, 2.24) is 13.9 Å². The highest BCUT2D eigenvalue weighted by atomic mass is 32.2. The van der Waals surface area contributed by atoms with Crippen LogP contribution < -0.4 is 0 Å². The molecule has 0 spiro atoms. The fourth-order valence-electron chi connectivity index (χ4n) is 3.76. The largest absolute Gasteiger partial charge is 0.481 e. The molecule has 0 atom stereocenters. The fourth-order valence-corrected chi connectivity index (χ4v) is 5.44. The summed E-state index contributed by atoms with van der Waals surface area (Å²) in [5, 5.41) is 16.3. The number of benzene rings is 1. The first-order chi connectivity index (χ1) is 14.4. The second-order valence-corrected chi connectivity index (χ2v) is 9.13. The van der Waals surface area contributed by atoms with E-state index >= 15 is 0 Å². The number of carboxylic acids is 1. The van der Waals surface area contributed by atoms with Crippen LogP contribution in [-0.2, 0) is 21.2 Å². The molecule has 10 heteroatoms. The molecule has 2 aromatic heterocycles. The van der Waals surface area contributed by atoms with E-state index in [1.165, 1.54) is 10.5 Å². The van der Waals surface area contributed by atoms with Crippen molar-refractivity contribution >= 4 is 21.5 Å². The van der Waals surface area contributed by atoms with Gasteiger partial charge in [0.25, 0.3) is 0 Å². The molecule has 30 heavy (non-hydrogen) atoms. The van der Waals surface area contributed by atoms with E-state index in [0.29, 0.717) is 35.0 Å². The minimum Gasteiger partial charge on any atom is -0.481 e. The van der Waals surface area contributed by atoms with Crippen LogP contribution in [0.25, 0.3) is 16.6 Å². The molecule has 0 aliphatic carbocycles. The number of hydrogen-bond donors (Lipinski definition) is 1. The van der Waals surface area contributed by atoms with Gasteiger partial charge in [0.15, 0.2) is 0 Å². The first-order valence-electron chi connectivity index (χ1n) is 9.50. The average molecular weight is 428 g/mol. The molecule has 3 heterocycles. The van der Waals surface area contributed by atoms with Gasteiger partial charge in [-0.1, -0.05) is 23.4 Å². The third-order valence-corrected chi connectivity index (χ3v) is 7.29. The van der Waals surface area contributed by atoms with Crippen LogP contribution in [0.3, 0.4) is 0 Å². The number of fused-ring (bicyclic) bond motifs is 1. The highest BCUT2D eigenvalue weighted by Crippen LogP contribution is 2.32. The Morgan fingerprint density at radius 3 is 2.63 bits per heavy atom. The minimum absolute atomic E-state index is 0.172. The predicted octanol–water partition coefficient (Wildman–Crippen LogP) is 2.55. The van der Waals surface area contributed by atoms with Gasteiger partial charge < -0.3 is 5.11 Å². The summed E-state index contributed by atoms with van der Waals surface area (Å²) >= 11 is 0. The van der Waals surface area contributed by atoms with E-state index in [9.17, 15) is 18.1 Å². The zero-order chi connectivity index (χ0) is 21.3. The molecule has 0 amide bonds. The SMILES string of the molecule is O=NC1CCN(S(=O)(=O)c2ccccc2-c2ccn3ncc(CC(=O)O)c3c2)CC1. The second kappa shape index (κ2) is 7.96. The smallest absolute Gasteiger partial charge is 0.307 e. The van der Waals surface area contributed by atoms with Crippen molar-refractivity contribution in [2.75, 3.05) is 13.1 Å². The number of hydrogen-bond acceptors (Lipinski definition) is 6. The molecule has 0 saturated carbocycles. The quantitative estimate of drug-likeness (QED) is 0.602. The van der Waals surface area contributed by atoms with Crippen LogP contribution in [0.1, 0.15) is 18.4 Å². The van der Waals surface area contributed by atoms with E-state index in [-0.39, 0.29) is 30.4 Å². The molecule has 4 rings (SSSR count). The zero-order valence-corrected chi connectivity index (χ0v) is 16.8. The fraction of sp³-hybridized carbons (Fsp3) is 0.300. The maximum absolute atomic E-state index is 13.3. The summed E-state index contributed by atoms with van der Waals surface area (Å²) in [6.07, 6.45) is 3.82. The Kier molecular flexibility index (Phi) is 5.35. The van der Waals surface area contributed by atoms with Gasteiger partial charge in [0, 0.05) is 30.4 Å². The lowest BCUT2D eigenvalue weighted by molar-refractivity contribution is -0.136. The van der Waals surface area contributed by atoms with Gasteiger partial charge in [-0.2, -0.15) is 14.3 Å². The van der Waals surface area contributed by atoms with Crippen LogP contribution in [0.4, 0.5) is 0 Å². The highest BCUT2D eigenvalue weighted by Gasteiger charge is 2.31. The molecule has 1 fully saturated rings. The summed E-state index contributed by atoms with van der Waals surface area (Å²) in [4.78, 5) is 22.0. The average Bonchev–Trinajstić information content (AvgIpc) is 3.15. The zero-order valence-electron chi connectivity index (χ0n) is 16.0. The maximum Gasteiger partial charge on any atom is 0.307 e. The van der Waals surface area contributed by atoms with Crippen LogP contribution in [0, 0.1) is 4.91 Å². The number of nitrogens with zero attached hydrogens (tertiary/aromatic N) is 4. The van der Waals surface area contributed by atoms with Crippen molar-refractivity contribution in [2.45, 2.75) is 30.2 Å². The molecule has 156 valence electrons. The second-order valence-electron chi connectivity index (χ2n) is 7.22. The Hall–Kier alpha value is -3.11. The van der Waals surface area contributed by atoms with E-state index in [4.69, 9.17) is 5.11 Å². The molecule has 1 aliphatic rings. The third kappa shape index (κ3) is 3.71. The standard InChI is InChI=1S/C20H20N4O5S/c25-20(26)12-15-13-21-24-10-5-14(11-18(15)24)17-3-1-2-4-19(17)30(28,29)23-8-6-16(22-27)7-9-23/h1-5,10-11,13,16H,6-9,12H2,(H,25,26). The van der Waals surface area contributed by atoms with Gasteiger partial charge in [-0.05, 0) is 36.6 Å². The molecule has 3 aromatic rings. The summed E-state index contributed by atoms with van der Waals surface area (Å²) in [5.41, 5.74) is 2.34. The molecule has 1 aromatic carbocycles. The normalized spacial score (nSPS) is 16.0. The Bertz CT molecular complexity index is 1210. The summed E-state index contributed by atoms with van der Waals surface area (Å²) < 4.78 is 29.6. The number of carbonyl (C=O) groups is 1. The van der Waals surface area contributed by atoms with Gasteiger partial charge in [0.05, 0.1) is 29.1 Å². The van der Waals surface area contributed by atoms with Gasteiger partial charge in [-0.15, -0.1) is 0 Å². The Morgan fingerprint density at radius 1 is 1.20 bits per heavy atom. The monoisotopic (exact) mass is 428 g/mol. The van der Waals surface area contributed by atoms with Crippen LogP contribution >= 0.6 is 0 Å².